The molecular weight excluding hydrogens is 408 g/mol. The topological polar surface area (TPSA) is 95.9 Å². The molecule has 0 aliphatic heterocycles. The van der Waals surface area contributed by atoms with Crippen molar-refractivity contribution in [1.82, 2.24) is 10.2 Å². The second-order valence-electron chi connectivity index (χ2n) is 8.34. The van der Waals surface area contributed by atoms with Crippen molar-refractivity contribution in [2.75, 3.05) is 13.2 Å². The number of aliphatic carboxylic acids is 1. The molecule has 2 amide bonds. The third-order valence-electron chi connectivity index (χ3n) is 6.18. The number of nitrogens with one attached hydrogen (secondary N) is 1. The molecule has 0 aromatic heterocycles. The van der Waals surface area contributed by atoms with Crippen molar-refractivity contribution < 1.29 is 24.2 Å². The molecule has 1 unspecified atom stereocenters. The van der Waals surface area contributed by atoms with Gasteiger partial charge in [0.05, 0.1) is 6.42 Å². The molecule has 1 saturated carbocycles. The van der Waals surface area contributed by atoms with Crippen LogP contribution in [0.2, 0.25) is 0 Å². The van der Waals surface area contributed by atoms with E-state index in [9.17, 15) is 14.4 Å². The molecule has 2 N–H and O–H groups in total. The number of carboxylic acid groups (broad SMARTS) is 1. The summed E-state index contributed by atoms with van der Waals surface area (Å²) in [5.74, 6) is -1.24. The van der Waals surface area contributed by atoms with E-state index in [4.69, 9.17) is 9.84 Å². The molecule has 1 fully saturated rings. The van der Waals surface area contributed by atoms with Crippen LogP contribution in [-0.2, 0) is 14.3 Å². The van der Waals surface area contributed by atoms with E-state index in [2.05, 4.69) is 29.6 Å². The van der Waals surface area contributed by atoms with Crippen LogP contribution in [0.25, 0.3) is 11.1 Å². The molecule has 0 heterocycles. The summed E-state index contributed by atoms with van der Waals surface area (Å²) in [6.07, 6.45) is 1.39. The fourth-order valence-corrected chi connectivity index (χ4v) is 4.40. The second-order valence-corrected chi connectivity index (χ2v) is 8.34. The number of amides is 2. The maximum atomic E-state index is 13.0. The first kappa shape index (κ1) is 21.9. The molecule has 2 aliphatic rings. The second kappa shape index (κ2) is 9.42. The van der Waals surface area contributed by atoms with Gasteiger partial charge in [-0.05, 0) is 41.5 Å². The van der Waals surface area contributed by atoms with Crippen molar-refractivity contribution in [2.45, 2.75) is 50.6 Å². The van der Waals surface area contributed by atoms with Gasteiger partial charge < -0.3 is 20.1 Å². The molecule has 2 aromatic carbocycles. The van der Waals surface area contributed by atoms with Gasteiger partial charge in [0.2, 0.25) is 5.91 Å². The molecule has 4 rings (SSSR count). The van der Waals surface area contributed by atoms with Gasteiger partial charge in [-0.25, -0.2) is 4.79 Å². The standard InChI is InChI=1S/C25H28N2O5/c1-2-22(24(30)27(16-11-12-16)14-13-23(28)29)26-25(31)32-15-21-19-9-5-3-7-17(19)18-8-4-6-10-20(18)21/h3-10,16,21-22H,2,11-15H2,1H3,(H,26,31)(H,28,29). The van der Waals surface area contributed by atoms with E-state index >= 15 is 0 Å². The Morgan fingerprint density at radius 2 is 1.66 bits per heavy atom. The molecular formula is C25H28N2O5. The summed E-state index contributed by atoms with van der Waals surface area (Å²) in [6.45, 7) is 2.14. The van der Waals surface area contributed by atoms with Gasteiger partial charge in [-0.1, -0.05) is 55.5 Å². The number of nitrogens with zero attached hydrogens (tertiary/aromatic N) is 1. The highest BCUT2D eigenvalue weighted by Crippen LogP contribution is 2.44. The predicted molar refractivity (Wildman–Crippen MR) is 119 cm³/mol. The van der Waals surface area contributed by atoms with Crippen LogP contribution >= 0.6 is 0 Å². The SMILES string of the molecule is CCC(NC(=O)OCC1c2ccccc2-c2ccccc21)C(=O)N(CCC(=O)O)C1CC1. The van der Waals surface area contributed by atoms with Crippen LogP contribution in [0.3, 0.4) is 0 Å². The van der Waals surface area contributed by atoms with Crippen molar-refractivity contribution in [1.29, 1.82) is 0 Å². The Bertz CT molecular complexity index is 971. The number of hydrogen-bond donors (Lipinski definition) is 2. The van der Waals surface area contributed by atoms with Crippen LogP contribution in [0, 0.1) is 0 Å². The number of carbonyl (C=O) groups is 3. The Morgan fingerprint density at radius 1 is 1.06 bits per heavy atom. The van der Waals surface area contributed by atoms with E-state index in [1.165, 1.54) is 0 Å². The molecule has 0 bridgehead atoms. The summed E-state index contributed by atoms with van der Waals surface area (Å²) in [5.41, 5.74) is 4.55. The number of rotatable bonds is 9. The summed E-state index contributed by atoms with van der Waals surface area (Å²) < 4.78 is 5.56. The Balaban J connectivity index is 1.39. The molecule has 168 valence electrons. The molecule has 0 saturated heterocycles. The van der Waals surface area contributed by atoms with Crippen molar-refractivity contribution >= 4 is 18.0 Å². The quantitative estimate of drug-likeness (QED) is 0.624. The minimum atomic E-state index is -0.944. The number of ether oxygens (including phenoxy) is 1. The zero-order valence-corrected chi connectivity index (χ0v) is 18.1. The molecule has 32 heavy (non-hydrogen) atoms. The van der Waals surface area contributed by atoms with E-state index in [-0.39, 0.29) is 37.4 Å². The maximum Gasteiger partial charge on any atom is 0.407 e. The van der Waals surface area contributed by atoms with E-state index in [0.717, 1.165) is 35.1 Å². The number of alkyl carbamates (subject to hydrolysis) is 1. The highest BCUT2D eigenvalue weighted by molar-refractivity contribution is 5.86. The largest absolute Gasteiger partial charge is 0.481 e. The first-order valence-electron chi connectivity index (χ1n) is 11.1. The summed E-state index contributed by atoms with van der Waals surface area (Å²) >= 11 is 0. The van der Waals surface area contributed by atoms with Crippen molar-refractivity contribution in [2.24, 2.45) is 0 Å². The monoisotopic (exact) mass is 436 g/mol. The molecule has 7 nitrogen and oxygen atoms in total. The molecule has 7 heteroatoms. The highest BCUT2D eigenvalue weighted by Gasteiger charge is 2.36. The number of carbonyl (C=O) groups excluding carboxylic acids is 2. The normalized spacial score (nSPS) is 15.4. The molecule has 1 atom stereocenters. The smallest absolute Gasteiger partial charge is 0.407 e. The van der Waals surface area contributed by atoms with Gasteiger partial charge in [0, 0.05) is 18.5 Å². The first-order chi connectivity index (χ1) is 15.5. The Morgan fingerprint density at radius 3 is 2.19 bits per heavy atom. The summed E-state index contributed by atoms with van der Waals surface area (Å²) in [7, 11) is 0. The fraction of sp³-hybridized carbons (Fsp3) is 0.400. The van der Waals surface area contributed by atoms with Gasteiger partial charge in [-0.2, -0.15) is 0 Å². The van der Waals surface area contributed by atoms with Gasteiger partial charge in [-0.15, -0.1) is 0 Å². The van der Waals surface area contributed by atoms with Crippen LogP contribution in [0.1, 0.15) is 49.7 Å². The zero-order valence-electron chi connectivity index (χ0n) is 18.1. The van der Waals surface area contributed by atoms with Crippen LogP contribution < -0.4 is 5.32 Å². The Hall–Kier alpha value is -3.35. The van der Waals surface area contributed by atoms with Gasteiger partial charge in [0.25, 0.3) is 0 Å². The van der Waals surface area contributed by atoms with E-state index in [1.54, 1.807) is 4.90 Å². The van der Waals surface area contributed by atoms with E-state index in [0.29, 0.717) is 6.42 Å². The minimum absolute atomic E-state index is 0.0533. The van der Waals surface area contributed by atoms with E-state index < -0.39 is 18.1 Å². The predicted octanol–water partition coefficient (Wildman–Crippen LogP) is 3.77. The highest BCUT2D eigenvalue weighted by atomic mass is 16.5. The lowest BCUT2D eigenvalue weighted by Gasteiger charge is -2.27. The Kier molecular flexibility index (Phi) is 6.44. The minimum Gasteiger partial charge on any atom is -0.481 e. The van der Waals surface area contributed by atoms with Crippen molar-refractivity contribution in [3.8, 4) is 11.1 Å². The van der Waals surface area contributed by atoms with Gasteiger partial charge in [-0.3, -0.25) is 9.59 Å². The average Bonchev–Trinajstić information content (AvgIpc) is 3.58. The van der Waals surface area contributed by atoms with Crippen molar-refractivity contribution in [3.05, 3.63) is 59.7 Å². The summed E-state index contributed by atoms with van der Waals surface area (Å²) in [6, 6.07) is 15.5. The van der Waals surface area contributed by atoms with Crippen LogP contribution in [-0.4, -0.2) is 53.2 Å². The van der Waals surface area contributed by atoms with Crippen molar-refractivity contribution in [3.63, 3.8) is 0 Å². The number of benzene rings is 2. The third kappa shape index (κ3) is 4.61. The van der Waals surface area contributed by atoms with Gasteiger partial charge in [0.15, 0.2) is 0 Å². The molecule has 2 aromatic rings. The summed E-state index contributed by atoms with van der Waals surface area (Å²) in [5, 5.41) is 11.7. The molecule has 0 radical (unpaired) electrons. The number of hydrogen-bond acceptors (Lipinski definition) is 4. The third-order valence-corrected chi connectivity index (χ3v) is 6.18. The Labute approximate surface area is 187 Å². The fourth-order valence-electron chi connectivity index (χ4n) is 4.40. The average molecular weight is 437 g/mol. The molecule has 0 spiro atoms. The maximum absolute atomic E-state index is 13.0. The lowest BCUT2D eigenvalue weighted by Crippen LogP contribution is -2.49. The lowest BCUT2D eigenvalue weighted by molar-refractivity contribution is -0.139. The zero-order chi connectivity index (χ0) is 22.7. The first-order valence-corrected chi connectivity index (χ1v) is 11.1. The molecule has 2 aliphatic carbocycles. The van der Waals surface area contributed by atoms with Crippen LogP contribution in [0.15, 0.2) is 48.5 Å². The lowest BCUT2D eigenvalue weighted by atomic mass is 9.98. The van der Waals surface area contributed by atoms with Crippen LogP contribution in [0.5, 0.6) is 0 Å². The summed E-state index contributed by atoms with van der Waals surface area (Å²) in [4.78, 5) is 38.1. The van der Waals surface area contributed by atoms with E-state index in [1.807, 2.05) is 31.2 Å². The number of fused-ring (bicyclic) bond motifs is 3. The van der Waals surface area contributed by atoms with Crippen LogP contribution in [0.4, 0.5) is 4.79 Å². The van der Waals surface area contributed by atoms with Gasteiger partial charge >= 0.3 is 12.1 Å². The van der Waals surface area contributed by atoms with Gasteiger partial charge in [0.1, 0.15) is 12.6 Å². The number of carboxylic acids is 1.